The van der Waals surface area contributed by atoms with Gasteiger partial charge in [0.05, 0.1) is 28.1 Å². The maximum absolute atomic E-state index is 12.9. The predicted octanol–water partition coefficient (Wildman–Crippen LogP) is 4.63. The molecule has 210 valence electrons. The van der Waals surface area contributed by atoms with E-state index in [1.165, 1.54) is 0 Å². The average molecular weight is 585 g/mol. The normalized spacial score (nSPS) is 11.4. The summed E-state index contributed by atoms with van der Waals surface area (Å²) in [7, 11) is 1.75. The molecule has 11 heteroatoms. The number of hydrogen-bond donors (Lipinski definition) is 4. The van der Waals surface area contributed by atoms with Gasteiger partial charge in [-0.3, -0.25) is 19.2 Å². The van der Waals surface area contributed by atoms with Crippen LogP contribution >= 0.6 is 23.2 Å². The number of Topliss-reactive ketones (excluding diaryl/α,β-unsaturated/α-hetero) is 1. The van der Waals surface area contributed by atoms with Crippen LogP contribution in [-0.4, -0.2) is 53.8 Å². The Balaban J connectivity index is 1.46. The molecule has 4 N–H and O–H groups in total. The second-order valence-corrected chi connectivity index (χ2v) is 9.84. The smallest absolute Gasteiger partial charge is 0.308 e. The van der Waals surface area contributed by atoms with Gasteiger partial charge in [-0.2, -0.15) is 0 Å². The minimum Gasteiger partial charge on any atom is -0.481 e. The molecule has 1 atom stereocenters. The van der Waals surface area contributed by atoms with Gasteiger partial charge in [-0.05, 0) is 48.2 Å². The Morgan fingerprint density at radius 1 is 0.875 bits per heavy atom. The van der Waals surface area contributed by atoms with Crippen molar-refractivity contribution >= 4 is 52.6 Å². The first-order valence-electron chi connectivity index (χ1n) is 12.7. The minimum absolute atomic E-state index is 0.0351. The molecule has 3 rings (SSSR count). The van der Waals surface area contributed by atoms with Crippen LogP contribution < -0.4 is 16.0 Å². The van der Waals surface area contributed by atoms with Crippen molar-refractivity contribution in [3.05, 3.63) is 82.0 Å². The van der Waals surface area contributed by atoms with Crippen molar-refractivity contribution in [2.75, 3.05) is 25.5 Å². The highest BCUT2D eigenvalue weighted by Gasteiger charge is 2.23. The van der Waals surface area contributed by atoms with Crippen molar-refractivity contribution in [3.63, 3.8) is 0 Å². The average Bonchev–Trinajstić information content (AvgIpc) is 2.94. The molecule has 1 heterocycles. The third-order valence-corrected chi connectivity index (χ3v) is 6.76. The molecule has 0 fully saturated rings. The van der Waals surface area contributed by atoms with Crippen LogP contribution in [0.3, 0.4) is 0 Å². The lowest BCUT2D eigenvalue weighted by atomic mass is 9.96. The van der Waals surface area contributed by atoms with Crippen molar-refractivity contribution in [2.45, 2.75) is 25.7 Å². The van der Waals surface area contributed by atoms with Gasteiger partial charge in [0.15, 0.2) is 5.78 Å². The van der Waals surface area contributed by atoms with E-state index in [9.17, 15) is 24.3 Å². The number of carbonyl (C=O) groups excluding carboxylic acids is 3. The zero-order valence-electron chi connectivity index (χ0n) is 21.9. The molecule has 0 aliphatic rings. The Hall–Kier alpha value is -3.95. The van der Waals surface area contributed by atoms with E-state index in [-0.39, 0.29) is 53.9 Å². The second kappa shape index (κ2) is 15.0. The van der Waals surface area contributed by atoms with E-state index in [0.717, 1.165) is 16.8 Å². The summed E-state index contributed by atoms with van der Waals surface area (Å²) in [5.41, 5.74) is 2.51. The summed E-state index contributed by atoms with van der Waals surface area (Å²) in [5.74, 6) is -2.75. The number of aryl methyl sites for hydroxylation is 1. The number of nitrogens with zero attached hydrogens (tertiary/aromatic N) is 1. The summed E-state index contributed by atoms with van der Waals surface area (Å²) in [6.07, 6.45) is 0.384. The molecule has 0 radical (unpaired) electrons. The zero-order valence-corrected chi connectivity index (χ0v) is 23.4. The van der Waals surface area contributed by atoms with Gasteiger partial charge in [-0.25, -0.2) is 4.98 Å². The lowest BCUT2D eigenvalue weighted by Crippen LogP contribution is -2.40. The molecule has 0 bridgehead atoms. The molecular weight excluding hydrogens is 555 g/mol. The third-order valence-electron chi connectivity index (χ3n) is 6.16. The standard InChI is InChI=1S/C29H30Cl2N4O5/c1-32-25-9-5-8-21(35-25)11-13-26(37)34-17-27(38)33-16-19(29(39)40)10-12-24(36)28-22(30)14-20(15-23(28)31)18-6-3-2-4-7-18/h2-9,14-15,19H,10-13,16-17H2,1H3,(H,32,35)(H,33,38)(H,34,37)(H,39,40)/t19-/m1/s1. The van der Waals surface area contributed by atoms with Crippen LogP contribution in [0.2, 0.25) is 10.0 Å². The van der Waals surface area contributed by atoms with Gasteiger partial charge >= 0.3 is 5.97 Å². The summed E-state index contributed by atoms with van der Waals surface area (Å²) in [5, 5.41) is 17.9. The van der Waals surface area contributed by atoms with E-state index >= 15 is 0 Å². The monoisotopic (exact) mass is 584 g/mol. The van der Waals surface area contributed by atoms with Gasteiger partial charge < -0.3 is 21.1 Å². The van der Waals surface area contributed by atoms with Crippen LogP contribution in [0.25, 0.3) is 11.1 Å². The molecule has 0 aliphatic heterocycles. The van der Waals surface area contributed by atoms with Crippen molar-refractivity contribution in [1.29, 1.82) is 0 Å². The highest BCUT2D eigenvalue weighted by molar-refractivity contribution is 6.40. The summed E-state index contributed by atoms with van der Waals surface area (Å²) in [6.45, 7) is -0.500. The number of carbonyl (C=O) groups is 4. The molecular formula is C29H30Cl2N4O5. The number of nitrogens with one attached hydrogen (secondary N) is 3. The fourth-order valence-corrected chi connectivity index (χ4v) is 4.64. The van der Waals surface area contributed by atoms with Crippen molar-refractivity contribution in [3.8, 4) is 11.1 Å². The molecule has 2 aromatic carbocycles. The highest BCUT2D eigenvalue weighted by Crippen LogP contribution is 2.33. The summed E-state index contributed by atoms with van der Waals surface area (Å²) in [4.78, 5) is 53.2. The molecule has 1 aromatic heterocycles. The SMILES string of the molecule is CNc1cccc(CCC(=O)NCC(=O)NC[C@@H](CCC(=O)c2c(Cl)cc(-c3ccccc3)cc2Cl)C(=O)O)n1. The predicted molar refractivity (Wildman–Crippen MR) is 155 cm³/mol. The first-order valence-corrected chi connectivity index (χ1v) is 13.4. The van der Waals surface area contributed by atoms with Gasteiger partial charge in [0.1, 0.15) is 5.82 Å². The number of aliphatic carboxylic acids is 1. The molecule has 2 amide bonds. The largest absolute Gasteiger partial charge is 0.481 e. The highest BCUT2D eigenvalue weighted by atomic mass is 35.5. The van der Waals surface area contributed by atoms with Crippen LogP contribution in [0.4, 0.5) is 5.82 Å². The Morgan fingerprint density at radius 2 is 1.57 bits per heavy atom. The number of benzene rings is 2. The van der Waals surface area contributed by atoms with Gasteiger partial charge in [0.25, 0.3) is 0 Å². The zero-order chi connectivity index (χ0) is 29.1. The number of rotatable bonds is 14. The van der Waals surface area contributed by atoms with Crippen molar-refractivity contribution in [1.82, 2.24) is 15.6 Å². The molecule has 0 aliphatic carbocycles. The van der Waals surface area contributed by atoms with Crippen LogP contribution in [0.15, 0.2) is 60.7 Å². The quantitative estimate of drug-likeness (QED) is 0.203. The fraction of sp³-hybridized carbons (Fsp3) is 0.276. The molecule has 3 aromatic rings. The summed E-state index contributed by atoms with van der Waals surface area (Å²) < 4.78 is 0. The molecule has 40 heavy (non-hydrogen) atoms. The maximum atomic E-state index is 12.9. The van der Waals surface area contributed by atoms with Crippen LogP contribution in [-0.2, 0) is 20.8 Å². The summed E-state index contributed by atoms with van der Waals surface area (Å²) in [6, 6.07) is 18.1. The molecule has 0 saturated carbocycles. The molecule has 0 unspecified atom stereocenters. The molecule has 0 saturated heterocycles. The third kappa shape index (κ3) is 9.07. The van der Waals surface area contributed by atoms with Gasteiger partial charge in [0, 0.05) is 32.1 Å². The van der Waals surface area contributed by atoms with Crippen LogP contribution in [0, 0.1) is 5.92 Å². The minimum atomic E-state index is -1.16. The van der Waals surface area contributed by atoms with Gasteiger partial charge in [-0.15, -0.1) is 0 Å². The molecule has 0 spiro atoms. The number of hydrogen-bond acceptors (Lipinski definition) is 6. The first-order chi connectivity index (χ1) is 19.2. The van der Waals surface area contributed by atoms with E-state index in [0.29, 0.717) is 12.2 Å². The van der Waals surface area contributed by atoms with Crippen LogP contribution in [0.5, 0.6) is 0 Å². The Bertz CT molecular complexity index is 1340. The maximum Gasteiger partial charge on any atom is 0.308 e. The number of anilines is 1. The second-order valence-electron chi connectivity index (χ2n) is 9.02. The van der Waals surface area contributed by atoms with E-state index in [4.69, 9.17) is 23.2 Å². The fourth-order valence-electron chi connectivity index (χ4n) is 3.95. The van der Waals surface area contributed by atoms with E-state index in [1.54, 1.807) is 25.2 Å². The Kier molecular flexibility index (Phi) is 11.5. The van der Waals surface area contributed by atoms with Crippen molar-refractivity contribution < 1.29 is 24.3 Å². The number of carboxylic acid groups (broad SMARTS) is 1. The topological polar surface area (TPSA) is 137 Å². The van der Waals surface area contributed by atoms with E-state index in [2.05, 4.69) is 20.9 Å². The Labute approximate surface area is 242 Å². The lowest BCUT2D eigenvalue weighted by Gasteiger charge is -2.14. The number of halogens is 2. The van der Waals surface area contributed by atoms with E-state index < -0.39 is 23.6 Å². The number of amides is 2. The molecule has 9 nitrogen and oxygen atoms in total. The number of pyridine rings is 1. The van der Waals surface area contributed by atoms with Crippen LogP contribution in [0.1, 0.15) is 35.3 Å². The summed E-state index contributed by atoms with van der Waals surface area (Å²) >= 11 is 12.7. The number of ketones is 1. The number of carboxylic acids is 1. The van der Waals surface area contributed by atoms with Gasteiger partial charge in [-0.1, -0.05) is 59.6 Å². The lowest BCUT2D eigenvalue weighted by molar-refractivity contribution is -0.142. The van der Waals surface area contributed by atoms with E-state index in [1.807, 2.05) is 42.5 Å². The first kappa shape index (κ1) is 30.6. The van der Waals surface area contributed by atoms with Crippen molar-refractivity contribution in [2.24, 2.45) is 5.92 Å². The number of aromatic nitrogens is 1. The Morgan fingerprint density at radius 3 is 2.23 bits per heavy atom. The van der Waals surface area contributed by atoms with Gasteiger partial charge in [0.2, 0.25) is 11.8 Å².